The third-order valence-electron chi connectivity index (χ3n) is 7.70. The van der Waals surface area contributed by atoms with Crippen LogP contribution in [0.25, 0.3) is 33.2 Å². The summed E-state index contributed by atoms with van der Waals surface area (Å²) in [5.41, 5.74) is 5.71. The van der Waals surface area contributed by atoms with Crippen molar-refractivity contribution in [2.45, 2.75) is 72.6 Å². The number of rotatable bonds is 7. The molecule has 0 fully saturated rings. The summed E-state index contributed by atoms with van der Waals surface area (Å²) < 4.78 is 6.20. The van der Waals surface area contributed by atoms with Gasteiger partial charge in [0, 0.05) is 46.0 Å². The quantitative estimate of drug-likeness (QED) is 0.224. The lowest BCUT2D eigenvalue weighted by Crippen LogP contribution is -2.84. The Morgan fingerprint density at radius 2 is 1.46 bits per heavy atom. The van der Waals surface area contributed by atoms with Gasteiger partial charge in [0.15, 0.2) is 0 Å². The van der Waals surface area contributed by atoms with Gasteiger partial charge >= 0.3 is 0 Å². The summed E-state index contributed by atoms with van der Waals surface area (Å²) in [5, 5.41) is 4.08. The highest BCUT2D eigenvalue weighted by Crippen LogP contribution is 2.35. The normalized spacial score (nSPS) is 13.5. The molecule has 2 aromatic heterocycles. The molecule has 0 atom stereocenters. The number of pyridine rings is 1. The van der Waals surface area contributed by atoms with Crippen molar-refractivity contribution in [1.82, 2.24) is 4.98 Å². The van der Waals surface area contributed by atoms with Gasteiger partial charge in [-0.1, -0.05) is 90.5 Å². The van der Waals surface area contributed by atoms with Crippen LogP contribution in [0.4, 0.5) is 0 Å². The van der Waals surface area contributed by atoms with Gasteiger partial charge in [0.1, 0.15) is 11.2 Å². The number of aromatic nitrogens is 1. The number of benzene rings is 2. The van der Waals surface area contributed by atoms with Gasteiger partial charge in [0.05, 0.1) is 12.3 Å². The predicted molar refractivity (Wildman–Crippen MR) is 165 cm³/mol. The van der Waals surface area contributed by atoms with Crippen molar-refractivity contribution in [2.75, 3.05) is 0 Å². The van der Waals surface area contributed by atoms with Crippen LogP contribution in [0.3, 0.4) is 0 Å². The second-order valence-corrected chi connectivity index (χ2v) is 49.2. The van der Waals surface area contributed by atoms with Crippen molar-refractivity contribution in [3.8, 4) is 11.3 Å². The second kappa shape index (κ2) is 9.29. The molecule has 0 aliphatic carbocycles. The first kappa shape index (κ1) is 26.3. The maximum absolute atomic E-state index is 6.20. The Bertz CT molecular complexity index is 1340. The van der Waals surface area contributed by atoms with Gasteiger partial charge in [-0.2, -0.15) is 0 Å². The summed E-state index contributed by atoms with van der Waals surface area (Å²) in [4.78, 5) is 5.21. The molecule has 35 heavy (non-hydrogen) atoms. The Kier molecular flexibility index (Phi) is 6.98. The maximum Gasteiger partial charge on any atom is 0.136 e. The molecule has 4 aromatic rings. The van der Waals surface area contributed by atoms with Gasteiger partial charge in [0.25, 0.3) is 0 Å². The minimum absolute atomic E-state index is 0.469. The molecular weight excluding hydrogens is 491 g/mol. The number of fused-ring (bicyclic) bond motifs is 3. The van der Waals surface area contributed by atoms with E-state index in [0.29, 0.717) is 5.92 Å². The van der Waals surface area contributed by atoms with Crippen molar-refractivity contribution < 1.29 is 4.42 Å². The lowest BCUT2D eigenvalue weighted by molar-refractivity contribution is 0.649. The van der Waals surface area contributed by atoms with Crippen LogP contribution >= 0.6 is 0 Å². The molecule has 1 radical (unpaired) electrons. The molecule has 4 rings (SSSR count). The van der Waals surface area contributed by atoms with E-state index in [0.717, 1.165) is 28.8 Å². The molecule has 0 spiro atoms. The third-order valence-corrected chi connectivity index (χ3v) is 71.4. The van der Waals surface area contributed by atoms with E-state index >= 15 is 0 Å². The summed E-state index contributed by atoms with van der Waals surface area (Å²) in [6, 6.07) is 17.4. The van der Waals surface area contributed by atoms with Gasteiger partial charge in [-0.25, -0.2) is 0 Å². The molecule has 2 heterocycles. The first-order valence-corrected chi connectivity index (χ1v) is 27.5. The fraction of sp³-hybridized carbons (Fsp3) is 0.414. The number of nitrogens with zero attached hydrogens (tertiary/aromatic N) is 1. The van der Waals surface area contributed by atoms with E-state index in [9.17, 15) is 0 Å². The first-order valence-electron chi connectivity index (χ1n) is 13.0. The van der Waals surface area contributed by atoms with E-state index in [1.165, 1.54) is 10.8 Å². The molecule has 0 aliphatic rings. The fourth-order valence-electron chi connectivity index (χ4n) is 7.19. The molecule has 0 saturated heterocycles. The van der Waals surface area contributed by atoms with Crippen molar-refractivity contribution in [3.05, 3.63) is 60.3 Å². The van der Waals surface area contributed by atoms with Crippen LogP contribution < -0.4 is 5.19 Å². The zero-order chi connectivity index (χ0) is 25.8. The van der Waals surface area contributed by atoms with Gasteiger partial charge < -0.3 is 4.42 Å². The smallest absolute Gasteiger partial charge is 0.136 e. The summed E-state index contributed by atoms with van der Waals surface area (Å²) in [7, 11) is -3.31. The number of hydrogen-bond acceptors (Lipinski definition) is 2. The van der Waals surface area contributed by atoms with Crippen molar-refractivity contribution in [3.63, 3.8) is 0 Å². The Balaban J connectivity index is 1.93. The Hall–Kier alpha value is -1.74. The fourth-order valence-corrected chi connectivity index (χ4v) is 87.0. The molecule has 0 saturated carbocycles. The largest absolute Gasteiger partial charge is 0.456 e. The summed E-state index contributed by atoms with van der Waals surface area (Å²) in [6.45, 7) is 24.3. The van der Waals surface area contributed by atoms with E-state index in [4.69, 9.17) is 9.40 Å². The van der Waals surface area contributed by atoms with Crippen LogP contribution in [0.15, 0.2) is 59.1 Å². The van der Waals surface area contributed by atoms with Crippen molar-refractivity contribution >= 4 is 57.2 Å². The van der Waals surface area contributed by atoms with Gasteiger partial charge in [0.2, 0.25) is 0 Å². The molecule has 0 unspecified atom stereocenters. The standard InChI is InChI=1S/C29H42NOSi4/c1-21(2)17-23-18-26(22-15-16-25-24-13-11-12-14-27(24)31-28(25)19-22)30-20-29(23)35(32(3)4,33(5,6)7)34(8,9)10/h11-16,18-21H,17H2,1-10H3. The first-order chi connectivity index (χ1) is 16.3. The predicted octanol–water partition coefficient (Wildman–Crippen LogP) is 8.17. The molecule has 0 aliphatic heterocycles. The SMILES string of the molecule is CC(C)Cc1cc(-c2ccc3c(c2)oc2ccccc23)ncc1[Si]([Si](C)C)([Si](C)(C)C)[Si](C)(C)C. The average Bonchev–Trinajstić information content (AvgIpc) is 3.10. The molecule has 0 N–H and O–H groups in total. The van der Waals surface area contributed by atoms with E-state index in [1.54, 1.807) is 10.8 Å². The van der Waals surface area contributed by atoms with Crippen LogP contribution in [-0.4, -0.2) is 35.1 Å². The highest BCUT2D eigenvalue weighted by Gasteiger charge is 2.58. The van der Waals surface area contributed by atoms with Gasteiger partial charge in [-0.15, -0.1) is 0 Å². The Morgan fingerprint density at radius 3 is 2.06 bits per heavy atom. The summed E-state index contributed by atoms with van der Waals surface area (Å²) in [6.07, 6.45) is 3.49. The molecule has 0 bridgehead atoms. The maximum atomic E-state index is 6.20. The molecule has 2 nitrogen and oxygen atoms in total. The Labute approximate surface area is 216 Å². The van der Waals surface area contributed by atoms with E-state index in [1.807, 2.05) is 6.07 Å². The van der Waals surface area contributed by atoms with E-state index in [-0.39, 0.29) is 0 Å². The molecule has 6 heteroatoms. The monoisotopic (exact) mass is 532 g/mol. The lowest BCUT2D eigenvalue weighted by Gasteiger charge is -2.54. The molecule has 2 aromatic carbocycles. The molecule has 185 valence electrons. The van der Waals surface area contributed by atoms with Crippen molar-refractivity contribution in [1.29, 1.82) is 0 Å². The Morgan fingerprint density at radius 1 is 0.829 bits per heavy atom. The van der Waals surface area contributed by atoms with E-state index in [2.05, 4.69) is 115 Å². The van der Waals surface area contributed by atoms with Crippen LogP contribution in [0, 0.1) is 5.92 Å². The van der Waals surface area contributed by atoms with Crippen LogP contribution in [0.1, 0.15) is 19.4 Å². The average molecular weight is 533 g/mol. The van der Waals surface area contributed by atoms with Gasteiger partial charge in [-0.3, -0.25) is 4.98 Å². The minimum atomic E-state index is -1.65. The highest BCUT2D eigenvalue weighted by molar-refractivity contribution is 7.89. The summed E-state index contributed by atoms with van der Waals surface area (Å²) in [5.74, 6) is 0.626. The van der Waals surface area contributed by atoms with E-state index < -0.39 is 30.1 Å². The number of hydrogen-bond donors (Lipinski definition) is 0. The lowest BCUT2D eigenvalue weighted by atomic mass is 10.0. The van der Waals surface area contributed by atoms with Gasteiger partial charge in [-0.05, 0) is 47.4 Å². The van der Waals surface area contributed by atoms with Crippen LogP contribution in [0.2, 0.25) is 52.4 Å². The number of para-hydroxylation sites is 1. The molecular formula is C29H42NOSi4. The molecule has 0 amide bonds. The minimum Gasteiger partial charge on any atom is -0.456 e. The summed E-state index contributed by atoms with van der Waals surface area (Å²) >= 11 is 0. The number of furan rings is 1. The van der Waals surface area contributed by atoms with Crippen LogP contribution in [0.5, 0.6) is 0 Å². The topological polar surface area (TPSA) is 26.0 Å². The zero-order valence-corrected chi connectivity index (χ0v) is 27.3. The van der Waals surface area contributed by atoms with Crippen molar-refractivity contribution in [2.24, 2.45) is 5.92 Å². The third kappa shape index (κ3) is 4.47. The second-order valence-electron chi connectivity index (χ2n) is 12.9. The van der Waals surface area contributed by atoms with Crippen LogP contribution in [-0.2, 0) is 6.42 Å². The highest BCUT2D eigenvalue weighted by atomic mass is 29.9. The zero-order valence-electron chi connectivity index (χ0n) is 23.3.